The molecule has 0 bridgehead atoms. The number of Topliss-reactive ketones (excluding diaryl/α,β-unsaturated/α-hetero) is 1. The van der Waals surface area contributed by atoms with Crippen LogP contribution < -0.4 is 9.47 Å². The molecule has 0 saturated carbocycles. The number of hydrogen-bond donors (Lipinski definition) is 0. The first-order valence-corrected chi connectivity index (χ1v) is 9.91. The van der Waals surface area contributed by atoms with E-state index in [4.69, 9.17) is 9.47 Å². The summed E-state index contributed by atoms with van der Waals surface area (Å²) >= 11 is 0. The van der Waals surface area contributed by atoms with Gasteiger partial charge in [-0.3, -0.25) is 9.59 Å². The van der Waals surface area contributed by atoms with E-state index in [1.165, 1.54) is 14.0 Å². The highest BCUT2D eigenvalue weighted by atomic mass is 32.2. The van der Waals surface area contributed by atoms with Crippen LogP contribution in [-0.2, 0) is 14.6 Å². The fourth-order valence-electron chi connectivity index (χ4n) is 2.89. The number of carbonyl (C=O) groups excluding carboxylic acids is 2. The molecule has 0 N–H and O–H groups in total. The second-order valence-corrected chi connectivity index (χ2v) is 8.18. The number of likely N-dealkylation sites (N-methyl/N-ethyl adjacent to an activating group) is 1. The number of ether oxygens (including phenoxy) is 2. The van der Waals surface area contributed by atoms with Gasteiger partial charge in [-0.05, 0) is 38.5 Å². The Labute approximate surface area is 147 Å². The van der Waals surface area contributed by atoms with Crippen molar-refractivity contribution in [2.45, 2.75) is 26.3 Å². The fraction of sp³-hybridized carbons (Fsp3) is 0.529. The first kappa shape index (κ1) is 19.2. The lowest BCUT2D eigenvalue weighted by molar-refractivity contribution is -0.135. The van der Waals surface area contributed by atoms with E-state index >= 15 is 0 Å². The van der Waals surface area contributed by atoms with Crippen LogP contribution in [-0.4, -0.2) is 62.8 Å². The Morgan fingerprint density at radius 2 is 2.00 bits per heavy atom. The maximum Gasteiger partial charge on any atom is 0.260 e. The zero-order valence-corrected chi connectivity index (χ0v) is 15.5. The molecule has 1 aliphatic heterocycles. The molecule has 1 fully saturated rings. The molecular weight excluding hydrogens is 346 g/mol. The second kappa shape index (κ2) is 7.86. The van der Waals surface area contributed by atoms with Gasteiger partial charge in [0.25, 0.3) is 5.91 Å². The highest BCUT2D eigenvalue weighted by Crippen LogP contribution is 2.28. The minimum atomic E-state index is -3.06. The normalized spacial score (nSPS) is 18.6. The van der Waals surface area contributed by atoms with E-state index in [-0.39, 0.29) is 35.8 Å². The van der Waals surface area contributed by atoms with Crippen LogP contribution in [0.25, 0.3) is 0 Å². The van der Waals surface area contributed by atoms with E-state index in [1.54, 1.807) is 23.1 Å². The van der Waals surface area contributed by atoms with Gasteiger partial charge in [0.05, 0.1) is 18.6 Å². The van der Waals surface area contributed by atoms with Crippen molar-refractivity contribution in [2.24, 2.45) is 0 Å². The second-order valence-electron chi connectivity index (χ2n) is 5.95. The molecule has 0 aliphatic carbocycles. The molecule has 1 aromatic rings. The average Bonchev–Trinajstić information content (AvgIpc) is 2.92. The first-order valence-electron chi connectivity index (χ1n) is 8.09. The third-order valence-corrected chi connectivity index (χ3v) is 5.98. The van der Waals surface area contributed by atoms with Crippen molar-refractivity contribution in [1.82, 2.24) is 4.90 Å². The summed E-state index contributed by atoms with van der Waals surface area (Å²) in [5.74, 6) is 0.469. The molecule has 25 heavy (non-hydrogen) atoms. The molecule has 1 aromatic carbocycles. The number of benzene rings is 1. The van der Waals surface area contributed by atoms with Gasteiger partial charge in [-0.15, -0.1) is 0 Å². The van der Waals surface area contributed by atoms with Gasteiger partial charge in [-0.25, -0.2) is 8.42 Å². The number of carbonyl (C=O) groups is 2. The predicted molar refractivity (Wildman–Crippen MR) is 92.9 cm³/mol. The van der Waals surface area contributed by atoms with Gasteiger partial charge >= 0.3 is 0 Å². The summed E-state index contributed by atoms with van der Waals surface area (Å²) in [5.41, 5.74) is 0.488. The molecule has 1 atom stereocenters. The molecule has 0 radical (unpaired) electrons. The van der Waals surface area contributed by atoms with Gasteiger partial charge in [-0.2, -0.15) is 0 Å². The lowest BCUT2D eigenvalue weighted by atomic mass is 10.1. The third kappa shape index (κ3) is 4.72. The molecule has 7 nitrogen and oxygen atoms in total. The average molecular weight is 369 g/mol. The maximum absolute atomic E-state index is 12.4. The number of hydrogen-bond acceptors (Lipinski definition) is 6. The highest BCUT2D eigenvalue weighted by molar-refractivity contribution is 7.91. The molecule has 0 spiro atoms. The Bertz CT molecular complexity index is 758. The van der Waals surface area contributed by atoms with Crippen LogP contribution in [0.15, 0.2) is 18.2 Å². The summed E-state index contributed by atoms with van der Waals surface area (Å²) in [6.07, 6.45) is 0.457. The summed E-state index contributed by atoms with van der Waals surface area (Å²) in [7, 11) is -1.61. The summed E-state index contributed by atoms with van der Waals surface area (Å²) in [6.45, 7) is 3.46. The minimum absolute atomic E-state index is 0.00318. The molecule has 1 saturated heterocycles. The monoisotopic (exact) mass is 369 g/mol. The standard InChI is InChI=1S/C17H23NO6S/c1-4-18(14-7-8-25(21,22)11-14)17(20)10-24-15-6-5-13(12(2)19)9-16(15)23-3/h5-6,9,14H,4,7-8,10-11H2,1-3H3/t14-/m1/s1. The van der Waals surface area contributed by atoms with Gasteiger partial charge in [0.15, 0.2) is 33.7 Å². The molecule has 1 heterocycles. The topological polar surface area (TPSA) is 90.0 Å². The lowest BCUT2D eigenvalue weighted by Gasteiger charge is -2.26. The maximum atomic E-state index is 12.4. The molecule has 0 unspecified atom stereocenters. The number of ketones is 1. The molecule has 1 amide bonds. The SMILES string of the molecule is CCN(C(=O)COc1ccc(C(C)=O)cc1OC)[C@@H]1CCS(=O)(=O)C1. The van der Waals surface area contributed by atoms with Crippen molar-refractivity contribution in [1.29, 1.82) is 0 Å². The molecule has 1 aliphatic rings. The Morgan fingerprint density at radius 1 is 1.28 bits per heavy atom. The number of sulfone groups is 1. The predicted octanol–water partition coefficient (Wildman–Crippen LogP) is 1.31. The van der Waals surface area contributed by atoms with Crippen LogP contribution in [0.1, 0.15) is 30.6 Å². The zero-order valence-electron chi connectivity index (χ0n) is 14.6. The van der Waals surface area contributed by atoms with Crippen molar-refractivity contribution in [3.8, 4) is 11.5 Å². The third-order valence-electron chi connectivity index (χ3n) is 4.23. The van der Waals surface area contributed by atoms with Gasteiger partial charge < -0.3 is 14.4 Å². The molecule has 0 aromatic heterocycles. The summed E-state index contributed by atoms with van der Waals surface area (Å²) in [6, 6.07) is 4.45. The zero-order chi connectivity index (χ0) is 18.6. The molecule has 8 heteroatoms. The van der Waals surface area contributed by atoms with Crippen molar-refractivity contribution in [3.05, 3.63) is 23.8 Å². The van der Waals surface area contributed by atoms with Crippen LogP contribution in [0, 0.1) is 0 Å². The molecular formula is C17H23NO6S. The number of rotatable bonds is 7. The number of amides is 1. The van der Waals surface area contributed by atoms with E-state index < -0.39 is 9.84 Å². The Balaban J connectivity index is 2.04. The van der Waals surface area contributed by atoms with E-state index in [0.717, 1.165) is 0 Å². The molecule has 138 valence electrons. The van der Waals surface area contributed by atoms with Crippen LogP contribution in [0.2, 0.25) is 0 Å². The van der Waals surface area contributed by atoms with E-state index in [9.17, 15) is 18.0 Å². The van der Waals surface area contributed by atoms with Crippen LogP contribution in [0.5, 0.6) is 11.5 Å². The van der Waals surface area contributed by atoms with Gasteiger partial charge in [-0.1, -0.05) is 0 Å². The number of methoxy groups -OCH3 is 1. The van der Waals surface area contributed by atoms with Crippen molar-refractivity contribution < 1.29 is 27.5 Å². The van der Waals surface area contributed by atoms with E-state index in [2.05, 4.69) is 0 Å². The van der Waals surface area contributed by atoms with Gasteiger partial charge in [0.1, 0.15) is 0 Å². The van der Waals surface area contributed by atoms with E-state index in [1.807, 2.05) is 6.92 Å². The minimum Gasteiger partial charge on any atom is -0.493 e. The smallest absolute Gasteiger partial charge is 0.260 e. The lowest BCUT2D eigenvalue weighted by Crippen LogP contribution is -2.43. The summed E-state index contributed by atoms with van der Waals surface area (Å²) in [4.78, 5) is 25.4. The Morgan fingerprint density at radius 3 is 2.52 bits per heavy atom. The Hall–Kier alpha value is -2.09. The highest BCUT2D eigenvalue weighted by Gasteiger charge is 2.34. The van der Waals surface area contributed by atoms with Gasteiger partial charge in [0, 0.05) is 18.2 Å². The van der Waals surface area contributed by atoms with Crippen molar-refractivity contribution in [3.63, 3.8) is 0 Å². The van der Waals surface area contributed by atoms with Crippen LogP contribution >= 0.6 is 0 Å². The number of nitrogens with zero attached hydrogens (tertiary/aromatic N) is 1. The van der Waals surface area contributed by atoms with Gasteiger partial charge in [0.2, 0.25) is 0 Å². The van der Waals surface area contributed by atoms with Crippen LogP contribution in [0.4, 0.5) is 0 Å². The summed E-state index contributed by atoms with van der Waals surface area (Å²) in [5, 5.41) is 0. The first-order chi connectivity index (χ1) is 11.8. The molecule has 2 rings (SSSR count). The van der Waals surface area contributed by atoms with Crippen molar-refractivity contribution in [2.75, 3.05) is 31.8 Å². The largest absolute Gasteiger partial charge is 0.493 e. The summed E-state index contributed by atoms with van der Waals surface area (Å²) < 4.78 is 34.0. The Kier molecular flexibility index (Phi) is 6.05. The van der Waals surface area contributed by atoms with Crippen molar-refractivity contribution >= 4 is 21.5 Å². The van der Waals surface area contributed by atoms with Crippen LogP contribution in [0.3, 0.4) is 0 Å². The fourth-order valence-corrected chi connectivity index (χ4v) is 4.62. The quantitative estimate of drug-likeness (QED) is 0.673. The van der Waals surface area contributed by atoms with E-state index in [0.29, 0.717) is 30.0 Å².